The molecule has 0 rings (SSSR count). The molecule has 0 radical (unpaired) electrons. The second-order valence-electron chi connectivity index (χ2n) is 6.42. The third kappa shape index (κ3) is 6.45. The van der Waals surface area contributed by atoms with Crippen LogP contribution in [0.2, 0.25) is 0 Å². The van der Waals surface area contributed by atoms with Crippen molar-refractivity contribution in [3.8, 4) is 6.07 Å². The summed E-state index contributed by atoms with van der Waals surface area (Å²) in [6, 6.07) is 1.36. The monoisotopic (exact) mass is 256 g/mol. The minimum atomic E-state index is -0.914. The van der Waals surface area contributed by atoms with E-state index in [-0.39, 0.29) is 11.8 Å². The molecule has 0 aromatic rings. The molecule has 5 nitrogen and oxygen atoms in total. The van der Waals surface area contributed by atoms with Gasteiger partial charge < -0.3 is 15.2 Å². The second-order valence-corrected chi connectivity index (χ2v) is 6.42. The molecule has 0 saturated carbocycles. The molecule has 18 heavy (non-hydrogen) atoms. The Hall–Kier alpha value is -1.28. The van der Waals surface area contributed by atoms with Gasteiger partial charge in [-0.25, -0.2) is 4.79 Å². The number of amides is 1. The van der Waals surface area contributed by atoms with Gasteiger partial charge >= 0.3 is 6.09 Å². The molecule has 0 bridgehead atoms. The van der Waals surface area contributed by atoms with E-state index in [1.165, 1.54) is 0 Å². The number of ether oxygens (including phenoxy) is 1. The van der Waals surface area contributed by atoms with Gasteiger partial charge in [0.05, 0.1) is 24.6 Å². The van der Waals surface area contributed by atoms with E-state index in [1.54, 1.807) is 20.8 Å². The first-order valence-corrected chi connectivity index (χ1v) is 6.02. The minimum Gasteiger partial charge on any atom is -0.444 e. The number of carbonyl (C=O) groups excluding carboxylic acids is 1. The number of hydrogen-bond acceptors (Lipinski definition) is 4. The smallest absolute Gasteiger partial charge is 0.407 e. The standard InChI is InChI=1S/C13H24N2O3/c1-12(2,3)10(9(16)7-8-14)15-11(17)18-13(4,5)6/h9-10,16H,7H2,1-6H3,(H,15,17). The predicted octanol–water partition coefficient (Wildman–Crippen LogP) is 2.20. The summed E-state index contributed by atoms with van der Waals surface area (Å²) in [4.78, 5) is 11.7. The Balaban J connectivity index is 4.72. The Kier molecular flexibility index (Phi) is 5.62. The van der Waals surface area contributed by atoms with E-state index in [0.717, 1.165) is 0 Å². The number of rotatable bonds is 3. The molecule has 2 atom stereocenters. The van der Waals surface area contributed by atoms with Crippen LogP contribution in [0.4, 0.5) is 4.79 Å². The summed E-state index contributed by atoms with van der Waals surface area (Å²) in [5, 5.41) is 21.2. The van der Waals surface area contributed by atoms with Gasteiger partial charge in [0.25, 0.3) is 0 Å². The normalized spacial score (nSPS) is 15.4. The van der Waals surface area contributed by atoms with Gasteiger partial charge in [-0.05, 0) is 26.2 Å². The number of alkyl carbamates (subject to hydrolysis) is 1. The topological polar surface area (TPSA) is 82.3 Å². The molecule has 0 aliphatic rings. The number of carbonyl (C=O) groups is 1. The predicted molar refractivity (Wildman–Crippen MR) is 68.8 cm³/mol. The fraction of sp³-hybridized carbons (Fsp3) is 0.846. The van der Waals surface area contributed by atoms with Crippen LogP contribution in [-0.2, 0) is 4.74 Å². The largest absolute Gasteiger partial charge is 0.444 e. The van der Waals surface area contributed by atoms with Crippen molar-refractivity contribution in [3.05, 3.63) is 0 Å². The van der Waals surface area contributed by atoms with Crippen LogP contribution < -0.4 is 5.32 Å². The lowest BCUT2D eigenvalue weighted by Crippen LogP contribution is -2.52. The third-order valence-electron chi connectivity index (χ3n) is 2.29. The van der Waals surface area contributed by atoms with Crippen molar-refractivity contribution in [2.75, 3.05) is 0 Å². The highest BCUT2D eigenvalue weighted by molar-refractivity contribution is 5.68. The molecule has 0 saturated heterocycles. The molecule has 1 amide bonds. The van der Waals surface area contributed by atoms with Gasteiger partial charge in [0, 0.05) is 0 Å². The van der Waals surface area contributed by atoms with Crippen molar-refractivity contribution >= 4 is 6.09 Å². The Labute approximate surface area is 109 Å². The number of hydrogen-bond donors (Lipinski definition) is 2. The van der Waals surface area contributed by atoms with Crippen LogP contribution in [-0.4, -0.2) is 28.9 Å². The molecule has 0 aromatic carbocycles. The average Bonchev–Trinajstić information content (AvgIpc) is 2.09. The van der Waals surface area contributed by atoms with Crippen molar-refractivity contribution < 1.29 is 14.6 Å². The molecule has 2 N–H and O–H groups in total. The fourth-order valence-electron chi connectivity index (χ4n) is 1.54. The number of aliphatic hydroxyl groups is 1. The molecular weight excluding hydrogens is 232 g/mol. The Morgan fingerprint density at radius 1 is 1.33 bits per heavy atom. The zero-order valence-corrected chi connectivity index (χ0v) is 12.1. The molecular formula is C13H24N2O3. The van der Waals surface area contributed by atoms with Crippen molar-refractivity contribution in [1.29, 1.82) is 5.26 Å². The molecule has 2 unspecified atom stereocenters. The molecule has 104 valence electrons. The zero-order chi connectivity index (χ0) is 14.6. The maximum Gasteiger partial charge on any atom is 0.407 e. The highest BCUT2D eigenvalue weighted by Crippen LogP contribution is 2.23. The van der Waals surface area contributed by atoms with Crippen LogP contribution in [0.25, 0.3) is 0 Å². The van der Waals surface area contributed by atoms with Crippen molar-refractivity contribution in [1.82, 2.24) is 5.32 Å². The van der Waals surface area contributed by atoms with Gasteiger partial charge in [-0.3, -0.25) is 0 Å². The summed E-state index contributed by atoms with van der Waals surface area (Å²) in [5.41, 5.74) is -0.958. The first-order valence-electron chi connectivity index (χ1n) is 6.02. The van der Waals surface area contributed by atoms with E-state index >= 15 is 0 Å². The van der Waals surface area contributed by atoms with E-state index in [4.69, 9.17) is 10.00 Å². The molecule has 0 aliphatic heterocycles. The van der Waals surface area contributed by atoms with Crippen LogP contribution in [0.15, 0.2) is 0 Å². The number of nitrogens with one attached hydrogen (secondary N) is 1. The molecule has 0 spiro atoms. The van der Waals surface area contributed by atoms with Gasteiger partial charge in [0.1, 0.15) is 5.60 Å². The summed E-state index contributed by atoms with van der Waals surface area (Å²) in [5.74, 6) is 0. The average molecular weight is 256 g/mol. The minimum absolute atomic E-state index is 0.0300. The molecule has 0 aliphatic carbocycles. The summed E-state index contributed by atoms with van der Waals surface area (Å²) >= 11 is 0. The highest BCUT2D eigenvalue weighted by atomic mass is 16.6. The van der Waals surface area contributed by atoms with E-state index in [9.17, 15) is 9.90 Å². The van der Waals surface area contributed by atoms with E-state index in [2.05, 4.69) is 5.32 Å². The fourth-order valence-corrected chi connectivity index (χ4v) is 1.54. The zero-order valence-electron chi connectivity index (χ0n) is 12.1. The first kappa shape index (κ1) is 16.7. The van der Waals surface area contributed by atoms with Crippen LogP contribution in [0.1, 0.15) is 48.0 Å². The summed E-state index contributed by atoms with van der Waals surface area (Å²) < 4.78 is 5.15. The molecule has 0 fully saturated rings. The molecule has 5 heteroatoms. The van der Waals surface area contributed by atoms with Gasteiger partial charge in [-0.1, -0.05) is 20.8 Å². The lowest BCUT2D eigenvalue weighted by atomic mass is 9.82. The highest BCUT2D eigenvalue weighted by Gasteiger charge is 2.33. The molecule has 0 aromatic heterocycles. The van der Waals surface area contributed by atoms with E-state index < -0.39 is 23.8 Å². The number of nitriles is 1. The van der Waals surface area contributed by atoms with Crippen LogP contribution in [0, 0.1) is 16.7 Å². The van der Waals surface area contributed by atoms with Crippen LogP contribution in [0.3, 0.4) is 0 Å². The lowest BCUT2D eigenvalue weighted by Gasteiger charge is -2.34. The van der Waals surface area contributed by atoms with Gasteiger partial charge in [-0.2, -0.15) is 5.26 Å². The maximum atomic E-state index is 11.7. The first-order chi connectivity index (χ1) is 7.97. The summed E-state index contributed by atoms with van der Waals surface area (Å²) in [7, 11) is 0. The molecule has 0 heterocycles. The van der Waals surface area contributed by atoms with Crippen molar-refractivity contribution in [2.45, 2.75) is 65.7 Å². The van der Waals surface area contributed by atoms with Crippen LogP contribution >= 0.6 is 0 Å². The summed E-state index contributed by atoms with van der Waals surface area (Å²) in [6.45, 7) is 11.0. The number of aliphatic hydroxyl groups excluding tert-OH is 1. The van der Waals surface area contributed by atoms with E-state index in [0.29, 0.717) is 0 Å². The van der Waals surface area contributed by atoms with Crippen molar-refractivity contribution in [2.24, 2.45) is 5.41 Å². The SMILES string of the molecule is CC(C)(C)OC(=O)NC(C(O)CC#N)C(C)(C)C. The Morgan fingerprint density at radius 3 is 2.17 bits per heavy atom. The van der Waals surface area contributed by atoms with Gasteiger partial charge in [-0.15, -0.1) is 0 Å². The number of nitrogens with zero attached hydrogens (tertiary/aromatic N) is 1. The third-order valence-corrected chi connectivity index (χ3v) is 2.29. The lowest BCUT2D eigenvalue weighted by molar-refractivity contribution is 0.0284. The Morgan fingerprint density at radius 2 is 1.83 bits per heavy atom. The quantitative estimate of drug-likeness (QED) is 0.811. The Bertz CT molecular complexity index is 321. The second kappa shape index (κ2) is 6.05. The van der Waals surface area contributed by atoms with Crippen LogP contribution in [0.5, 0.6) is 0 Å². The summed E-state index contributed by atoms with van der Waals surface area (Å²) in [6.07, 6.45) is -1.53. The van der Waals surface area contributed by atoms with Gasteiger partial charge in [0.2, 0.25) is 0 Å². The van der Waals surface area contributed by atoms with Gasteiger partial charge in [0.15, 0.2) is 0 Å². The van der Waals surface area contributed by atoms with E-state index in [1.807, 2.05) is 26.8 Å². The maximum absolute atomic E-state index is 11.7. The van der Waals surface area contributed by atoms with Crippen molar-refractivity contribution in [3.63, 3.8) is 0 Å².